The minimum absolute atomic E-state index is 0.0253. The quantitative estimate of drug-likeness (QED) is 0.249. The highest BCUT2D eigenvalue weighted by Crippen LogP contribution is 2.41. The van der Waals surface area contributed by atoms with E-state index in [1.54, 1.807) is 46.6 Å². The van der Waals surface area contributed by atoms with Crippen LogP contribution in [0.1, 0.15) is 45.8 Å². The summed E-state index contributed by atoms with van der Waals surface area (Å²) in [6.45, 7) is 6.26. The van der Waals surface area contributed by atoms with Gasteiger partial charge in [-0.2, -0.15) is 5.10 Å². The Morgan fingerprint density at radius 1 is 1.07 bits per heavy atom. The van der Waals surface area contributed by atoms with Gasteiger partial charge in [0.2, 0.25) is 5.91 Å². The molecule has 12 heteroatoms. The number of nitrogens with zero attached hydrogens (tertiary/aromatic N) is 7. The molecular formula is C32H35N9O3. The molecule has 0 spiro atoms. The Morgan fingerprint density at radius 3 is 2.52 bits per heavy atom. The minimum Gasteiger partial charge on any atom is -0.494 e. The van der Waals surface area contributed by atoms with Crippen molar-refractivity contribution in [2.45, 2.75) is 40.2 Å². The summed E-state index contributed by atoms with van der Waals surface area (Å²) in [7, 11) is 5.24. The lowest BCUT2D eigenvalue weighted by Crippen LogP contribution is -2.27. The summed E-state index contributed by atoms with van der Waals surface area (Å²) < 4.78 is 9.35. The molecule has 2 N–H and O–H groups in total. The summed E-state index contributed by atoms with van der Waals surface area (Å²) >= 11 is 0. The zero-order valence-corrected chi connectivity index (χ0v) is 25.7. The van der Waals surface area contributed by atoms with Gasteiger partial charge in [-0.05, 0) is 51.3 Å². The summed E-state index contributed by atoms with van der Waals surface area (Å²) in [5, 5.41) is 15.3. The van der Waals surface area contributed by atoms with E-state index in [1.807, 2.05) is 58.4 Å². The summed E-state index contributed by atoms with van der Waals surface area (Å²) in [5.41, 5.74) is 7.63. The van der Waals surface area contributed by atoms with Crippen LogP contribution in [0.4, 0.5) is 17.2 Å². The van der Waals surface area contributed by atoms with Gasteiger partial charge in [0.25, 0.3) is 5.91 Å². The van der Waals surface area contributed by atoms with Crippen molar-refractivity contribution in [3.05, 3.63) is 77.1 Å². The van der Waals surface area contributed by atoms with Crippen LogP contribution in [0.2, 0.25) is 0 Å². The first-order valence-electron chi connectivity index (χ1n) is 14.4. The topological polar surface area (TPSA) is 132 Å². The van der Waals surface area contributed by atoms with Crippen molar-refractivity contribution < 1.29 is 14.3 Å². The summed E-state index contributed by atoms with van der Waals surface area (Å²) in [4.78, 5) is 36.4. The number of carbonyl (C=O) groups is 2. The van der Waals surface area contributed by atoms with E-state index in [0.717, 1.165) is 46.5 Å². The molecule has 1 saturated carbocycles. The number of benzene rings is 1. The molecule has 4 heterocycles. The predicted molar refractivity (Wildman–Crippen MR) is 167 cm³/mol. The molecule has 1 aliphatic rings. The maximum absolute atomic E-state index is 13.2. The van der Waals surface area contributed by atoms with Gasteiger partial charge < -0.3 is 20.3 Å². The monoisotopic (exact) mass is 593 g/mol. The number of hydrogen-bond donors (Lipinski definition) is 2. The number of aromatic nitrogens is 6. The van der Waals surface area contributed by atoms with Gasteiger partial charge in [0.1, 0.15) is 11.4 Å². The van der Waals surface area contributed by atoms with E-state index >= 15 is 0 Å². The molecule has 4 aromatic heterocycles. The van der Waals surface area contributed by atoms with E-state index in [1.165, 1.54) is 0 Å². The fourth-order valence-corrected chi connectivity index (χ4v) is 5.31. The van der Waals surface area contributed by atoms with Gasteiger partial charge in [-0.3, -0.25) is 19.3 Å². The van der Waals surface area contributed by atoms with Crippen LogP contribution in [-0.2, 0) is 18.4 Å². The second-order valence-corrected chi connectivity index (χ2v) is 11.3. The fraction of sp³-hybridized carbons (Fsp3) is 0.312. The number of anilines is 3. The third-order valence-corrected chi connectivity index (χ3v) is 7.73. The van der Waals surface area contributed by atoms with Crippen molar-refractivity contribution in [3.8, 4) is 16.9 Å². The molecule has 1 aliphatic carbocycles. The number of amides is 2. The minimum atomic E-state index is -0.180. The number of rotatable bonds is 9. The van der Waals surface area contributed by atoms with Crippen LogP contribution in [0.15, 0.2) is 48.9 Å². The maximum Gasteiger partial charge on any atom is 0.272 e. The Morgan fingerprint density at radius 2 is 1.86 bits per heavy atom. The summed E-state index contributed by atoms with van der Waals surface area (Å²) in [6.07, 6.45) is 7.23. The van der Waals surface area contributed by atoms with E-state index in [2.05, 4.69) is 30.8 Å². The predicted octanol–water partition coefficient (Wildman–Crippen LogP) is 4.82. The number of imidazole rings is 1. The molecular weight excluding hydrogens is 558 g/mol. The zero-order chi connectivity index (χ0) is 31.1. The average Bonchev–Trinajstić information content (AvgIpc) is 3.71. The highest BCUT2D eigenvalue weighted by molar-refractivity contribution is 5.95. The number of hydrogen-bond acceptors (Lipinski definition) is 8. The second-order valence-electron chi connectivity index (χ2n) is 11.3. The first kappa shape index (κ1) is 28.8. The Labute approximate surface area is 255 Å². The third kappa shape index (κ3) is 5.70. The lowest BCUT2D eigenvalue weighted by Gasteiger charge is -2.19. The number of aryl methyl sites for hydroxylation is 4. The van der Waals surface area contributed by atoms with Crippen molar-refractivity contribution in [2.75, 3.05) is 24.8 Å². The van der Waals surface area contributed by atoms with E-state index < -0.39 is 0 Å². The normalized spacial score (nSPS) is 12.8. The fourth-order valence-electron chi connectivity index (χ4n) is 5.31. The molecule has 5 aromatic rings. The highest BCUT2D eigenvalue weighted by atomic mass is 16.5. The average molecular weight is 594 g/mol. The number of ether oxygens (including phenoxy) is 1. The van der Waals surface area contributed by atoms with E-state index in [0.29, 0.717) is 40.8 Å². The molecule has 0 saturated heterocycles. The lowest BCUT2D eigenvalue weighted by molar-refractivity contribution is -0.117. The van der Waals surface area contributed by atoms with Gasteiger partial charge in [0.15, 0.2) is 11.5 Å². The first-order valence-corrected chi connectivity index (χ1v) is 14.4. The van der Waals surface area contributed by atoms with E-state index in [9.17, 15) is 9.59 Å². The van der Waals surface area contributed by atoms with Crippen LogP contribution in [0.3, 0.4) is 0 Å². The molecule has 0 unspecified atom stereocenters. The zero-order valence-electron chi connectivity index (χ0n) is 25.7. The highest BCUT2D eigenvalue weighted by Gasteiger charge is 2.30. The van der Waals surface area contributed by atoms with Crippen LogP contribution in [-0.4, -0.2) is 60.2 Å². The molecule has 0 atom stereocenters. The number of pyridine rings is 1. The molecule has 44 heavy (non-hydrogen) atoms. The SMILES string of the molecule is COc1c(Nc2cc(NC(=O)C3CC3)nn3cc(C)nc23)ccc(C)c1-c1ccc(C(=O)N(C)Cc2cn(C)nc2C)nc1. The molecule has 12 nitrogen and oxygen atoms in total. The summed E-state index contributed by atoms with van der Waals surface area (Å²) in [6, 6.07) is 9.33. The molecule has 1 fully saturated rings. The molecule has 0 aliphatic heterocycles. The standard InChI is InChI=1S/C32H35N9O3/c1-18-7-11-24(35-26-13-27(36-31(42)21-8-9-21)38-41-15-19(2)34-30(26)41)29(44-6)28(18)22-10-12-25(33-14-22)32(43)39(4)16-23-17-40(5)37-20(23)3/h7,10-15,17,21,35H,8-9,16H2,1-6H3,(H,36,38,42). The molecule has 0 radical (unpaired) electrons. The first-order chi connectivity index (χ1) is 21.1. The largest absolute Gasteiger partial charge is 0.494 e. The molecule has 6 rings (SSSR count). The van der Waals surface area contributed by atoms with E-state index in [-0.39, 0.29) is 17.7 Å². The van der Waals surface area contributed by atoms with Crippen molar-refractivity contribution in [2.24, 2.45) is 13.0 Å². The second kappa shape index (κ2) is 11.4. The van der Waals surface area contributed by atoms with Crippen molar-refractivity contribution in [1.29, 1.82) is 0 Å². The number of carbonyl (C=O) groups excluding carboxylic acids is 2. The van der Waals surface area contributed by atoms with Gasteiger partial charge in [0, 0.05) is 61.7 Å². The molecule has 0 bridgehead atoms. The maximum atomic E-state index is 13.2. The Kier molecular flexibility index (Phi) is 7.50. The Bertz CT molecular complexity index is 1890. The molecule has 226 valence electrons. The van der Waals surface area contributed by atoms with Crippen LogP contribution in [0.25, 0.3) is 16.8 Å². The number of methoxy groups -OCH3 is 1. The van der Waals surface area contributed by atoms with Gasteiger partial charge >= 0.3 is 0 Å². The van der Waals surface area contributed by atoms with Gasteiger partial charge in [-0.1, -0.05) is 12.1 Å². The van der Waals surface area contributed by atoms with Crippen molar-refractivity contribution in [1.82, 2.24) is 34.3 Å². The van der Waals surface area contributed by atoms with Crippen LogP contribution < -0.4 is 15.4 Å². The lowest BCUT2D eigenvalue weighted by atomic mass is 9.99. The molecule has 2 amide bonds. The Hall–Kier alpha value is -5.26. The van der Waals surface area contributed by atoms with E-state index in [4.69, 9.17) is 4.74 Å². The smallest absolute Gasteiger partial charge is 0.272 e. The third-order valence-electron chi connectivity index (χ3n) is 7.73. The van der Waals surface area contributed by atoms with Crippen LogP contribution >= 0.6 is 0 Å². The number of nitrogens with one attached hydrogen (secondary N) is 2. The molecule has 1 aromatic carbocycles. The van der Waals surface area contributed by atoms with Crippen molar-refractivity contribution in [3.63, 3.8) is 0 Å². The van der Waals surface area contributed by atoms with Crippen LogP contribution in [0, 0.1) is 26.7 Å². The summed E-state index contributed by atoms with van der Waals surface area (Å²) in [5.74, 6) is 0.891. The van der Waals surface area contributed by atoms with Crippen LogP contribution in [0.5, 0.6) is 5.75 Å². The van der Waals surface area contributed by atoms with Gasteiger partial charge in [-0.25, -0.2) is 9.50 Å². The number of fused-ring (bicyclic) bond motifs is 1. The van der Waals surface area contributed by atoms with Crippen molar-refractivity contribution >= 4 is 34.7 Å². The van der Waals surface area contributed by atoms with Gasteiger partial charge in [-0.15, -0.1) is 5.10 Å². The Balaban J connectivity index is 1.29. The van der Waals surface area contributed by atoms with Gasteiger partial charge in [0.05, 0.1) is 36.1 Å².